The number of carbonyl (C=O) groups is 2. The number of rotatable bonds is 6. The van der Waals surface area contributed by atoms with E-state index in [2.05, 4.69) is 10.6 Å². The molecule has 0 aliphatic heterocycles. The number of aryl methyl sites for hydroxylation is 1. The molecule has 0 saturated heterocycles. The zero-order valence-electron chi connectivity index (χ0n) is 14.9. The summed E-state index contributed by atoms with van der Waals surface area (Å²) in [7, 11) is 0. The molecule has 3 aromatic rings. The topological polar surface area (TPSA) is 71.3 Å². The molecule has 7 heteroatoms. The Morgan fingerprint density at radius 1 is 1.19 bits per heavy atom. The number of hydrogen-bond donors (Lipinski definition) is 2. The average Bonchev–Trinajstić information content (AvgIpc) is 3.30. The lowest BCUT2D eigenvalue weighted by atomic mass is 10.0. The van der Waals surface area contributed by atoms with E-state index in [4.69, 9.17) is 16.0 Å². The van der Waals surface area contributed by atoms with Gasteiger partial charge < -0.3 is 15.1 Å². The molecule has 27 heavy (non-hydrogen) atoms. The Hall–Kier alpha value is -2.57. The van der Waals surface area contributed by atoms with Crippen LogP contribution in [0.1, 0.15) is 50.7 Å². The second kappa shape index (κ2) is 8.41. The molecule has 0 fully saturated rings. The van der Waals surface area contributed by atoms with Gasteiger partial charge >= 0.3 is 0 Å². The van der Waals surface area contributed by atoms with Crippen molar-refractivity contribution >= 4 is 39.8 Å². The first-order valence-electron chi connectivity index (χ1n) is 8.49. The number of anilines is 1. The molecular weight excluding hydrogens is 384 g/mol. The number of furan rings is 1. The molecule has 5 nitrogen and oxygen atoms in total. The van der Waals surface area contributed by atoms with Crippen LogP contribution in [0.5, 0.6) is 0 Å². The molecule has 1 unspecified atom stereocenters. The number of carbonyl (C=O) groups excluding carboxylic acids is 2. The van der Waals surface area contributed by atoms with Gasteiger partial charge in [0.05, 0.1) is 22.2 Å². The molecule has 0 aliphatic rings. The minimum Gasteiger partial charge on any atom is -0.459 e. The highest BCUT2D eigenvalue weighted by Gasteiger charge is 2.19. The zero-order chi connectivity index (χ0) is 19.4. The van der Waals surface area contributed by atoms with Gasteiger partial charge in [-0.15, -0.1) is 11.3 Å². The van der Waals surface area contributed by atoms with E-state index in [9.17, 15) is 9.59 Å². The predicted octanol–water partition coefficient (Wildman–Crippen LogP) is 5.44. The molecule has 2 amide bonds. The first-order chi connectivity index (χ1) is 13.0. The van der Waals surface area contributed by atoms with Crippen LogP contribution in [-0.2, 0) is 0 Å². The van der Waals surface area contributed by atoms with Crippen molar-refractivity contribution in [3.05, 3.63) is 75.5 Å². The summed E-state index contributed by atoms with van der Waals surface area (Å²) in [6.07, 6.45) is 2.19. The maximum Gasteiger partial charge on any atom is 0.291 e. The molecule has 2 N–H and O–H groups in total. The van der Waals surface area contributed by atoms with Crippen LogP contribution in [0.2, 0.25) is 5.02 Å². The number of hydrogen-bond acceptors (Lipinski definition) is 4. The molecule has 0 aliphatic carbocycles. The van der Waals surface area contributed by atoms with Crippen LogP contribution in [0, 0.1) is 6.92 Å². The second-order valence-electron chi connectivity index (χ2n) is 6.04. The molecule has 0 bridgehead atoms. The number of amides is 2. The van der Waals surface area contributed by atoms with E-state index in [1.54, 1.807) is 18.2 Å². The maximum absolute atomic E-state index is 12.7. The molecule has 140 valence electrons. The summed E-state index contributed by atoms with van der Waals surface area (Å²) in [6, 6.07) is 12.3. The summed E-state index contributed by atoms with van der Waals surface area (Å²) in [6.45, 7) is 3.85. The summed E-state index contributed by atoms with van der Waals surface area (Å²) >= 11 is 7.17. The summed E-state index contributed by atoms with van der Waals surface area (Å²) in [4.78, 5) is 25.4. The normalized spacial score (nSPS) is 11.8. The molecule has 1 aromatic carbocycles. The number of benzene rings is 1. The van der Waals surface area contributed by atoms with Crippen LogP contribution < -0.4 is 10.6 Å². The fourth-order valence-electron chi connectivity index (χ4n) is 2.69. The van der Waals surface area contributed by atoms with Gasteiger partial charge in [0.15, 0.2) is 5.76 Å². The first kappa shape index (κ1) is 19.2. The highest BCUT2D eigenvalue weighted by atomic mass is 35.5. The van der Waals surface area contributed by atoms with Gasteiger partial charge in [0.2, 0.25) is 0 Å². The van der Waals surface area contributed by atoms with Gasteiger partial charge in [-0.05, 0) is 54.8 Å². The van der Waals surface area contributed by atoms with Crippen molar-refractivity contribution in [3.63, 3.8) is 0 Å². The van der Waals surface area contributed by atoms with Gasteiger partial charge in [-0.3, -0.25) is 9.59 Å². The summed E-state index contributed by atoms with van der Waals surface area (Å²) < 4.78 is 5.08. The van der Waals surface area contributed by atoms with Crippen molar-refractivity contribution in [1.82, 2.24) is 5.32 Å². The zero-order valence-corrected chi connectivity index (χ0v) is 16.5. The fraction of sp³-hybridized carbons (Fsp3) is 0.200. The van der Waals surface area contributed by atoms with E-state index in [1.165, 1.54) is 17.6 Å². The Labute approximate surface area is 166 Å². The van der Waals surface area contributed by atoms with E-state index in [-0.39, 0.29) is 23.6 Å². The van der Waals surface area contributed by atoms with Crippen LogP contribution in [0.3, 0.4) is 0 Å². The van der Waals surface area contributed by atoms with Crippen molar-refractivity contribution in [2.24, 2.45) is 0 Å². The Kier molecular flexibility index (Phi) is 5.98. The molecule has 0 saturated carbocycles. The minimum atomic E-state index is -0.346. The van der Waals surface area contributed by atoms with Crippen molar-refractivity contribution in [2.75, 3.05) is 5.32 Å². The van der Waals surface area contributed by atoms with Crippen LogP contribution in [-0.4, -0.2) is 11.8 Å². The highest BCUT2D eigenvalue weighted by Crippen LogP contribution is 2.28. The van der Waals surface area contributed by atoms with Crippen molar-refractivity contribution < 1.29 is 14.0 Å². The third-order valence-corrected chi connectivity index (χ3v) is 5.49. The summed E-state index contributed by atoms with van der Waals surface area (Å²) in [5.41, 5.74) is 1.80. The van der Waals surface area contributed by atoms with E-state index >= 15 is 0 Å². The molecular formula is C20H19ClN2O3S. The monoisotopic (exact) mass is 402 g/mol. The van der Waals surface area contributed by atoms with Gasteiger partial charge in [-0.25, -0.2) is 0 Å². The van der Waals surface area contributed by atoms with E-state index in [0.717, 1.165) is 17.5 Å². The van der Waals surface area contributed by atoms with Crippen molar-refractivity contribution in [1.29, 1.82) is 0 Å². The predicted molar refractivity (Wildman–Crippen MR) is 108 cm³/mol. The number of thiophene rings is 1. The molecule has 0 spiro atoms. The van der Waals surface area contributed by atoms with E-state index in [0.29, 0.717) is 14.9 Å². The first-order valence-corrected chi connectivity index (χ1v) is 9.69. The standard InChI is InChI=1S/C20H19ClN2O3S/c1-3-15(13-6-8-14(21)9-7-13)22-20(25)18-12(2)11-17(27-18)23-19(24)16-5-4-10-26-16/h4-11,15H,3H2,1-2H3,(H,22,25)(H,23,24). The van der Waals surface area contributed by atoms with E-state index < -0.39 is 0 Å². The van der Waals surface area contributed by atoms with Gasteiger partial charge in [-0.2, -0.15) is 0 Å². The van der Waals surface area contributed by atoms with Crippen molar-refractivity contribution in [2.45, 2.75) is 26.3 Å². The smallest absolute Gasteiger partial charge is 0.291 e. The Bertz CT molecular complexity index is 933. The lowest BCUT2D eigenvalue weighted by Crippen LogP contribution is -2.27. The number of nitrogens with one attached hydrogen (secondary N) is 2. The highest BCUT2D eigenvalue weighted by molar-refractivity contribution is 7.18. The van der Waals surface area contributed by atoms with Crippen LogP contribution >= 0.6 is 22.9 Å². The van der Waals surface area contributed by atoms with Crippen LogP contribution in [0.15, 0.2) is 53.1 Å². The lowest BCUT2D eigenvalue weighted by molar-refractivity contribution is 0.0938. The van der Waals surface area contributed by atoms with Gasteiger partial charge in [0, 0.05) is 5.02 Å². The molecule has 2 aromatic heterocycles. The lowest BCUT2D eigenvalue weighted by Gasteiger charge is -2.17. The second-order valence-corrected chi connectivity index (χ2v) is 7.53. The average molecular weight is 403 g/mol. The molecule has 3 rings (SSSR count). The van der Waals surface area contributed by atoms with Crippen molar-refractivity contribution in [3.8, 4) is 0 Å². The molecule has 0 radical (unpaired) electrons. The largest absolute Gasteiger partial charge is 0.459 e. The third-order valence-electron chi connectivity index (χ3n) is 4.09. The Morgan fingerprint density at radius 2 is 1.93 bits per heavy atom. The maximum atomic E-state index is 12.7. The third kappa shape index (κ3) is 4.59. The van der Waals surface area contributed by atoms with Gasteiger partial charge in [0.1, 0.15) is 0 Å². The quantitative estimate of drug-likeness (QED) is 0.577. The van der Waals surface area contributed by atoms with Crippen LogP contribution in [0.25, 0.3) is 0 Å². The molecule has 1 atom stereocenters. The van der Waals surface area contributed by atoms with Gasteiger partial charge in [-0.1, -0.05) is 30.7 Å². The van der Waals surface area contributed by atoms with E-state index in [1.807, 2.05) is 38.1 Å². The van der Waals surface area contributed by atoms with Gasteiger partial charge in [0.25, 0.3) is 11.8 Å². The molecule has 2 heterocycles. The van der Waals surface area contributed by atoms with Crippen LogP contribution in [0.4, 0.5) is 5.00 Å². The Morgan fingerprint density at radius 3 is 2.56 bits per heavy atom. The summed E-state index contributed by atoms with van der Waals surface area (Å²) in [5, 5.41) is 7.06. The summed E-state index contributed by atoms with van der Waals surface area (Å²) in [5.74, 6) is -0.292. The Balaban J connectivity index is 1.71. The number of halogens is 1. The minimum absolute atomic E-state index is 0.113. The SMILES string of the molecule is CCC(NC(=O)c1sc(NC(=O)c2ccco2)cc1C)c1ccc(Cl)cc1. The fourth-order valence-corrected chi connectivity index (χ4v) is 3.79.